The fourth-order valence-corrected chi connectivity index (χ4v) is 1.08. The summed E-state index contributed by atoms with van der Waals surface area (Å²) in [4.78, 5) is 11.2. The van der Waals surface area contributed by atoms with Crippen LogP contribution >= 0.6 is 11.6 Å². The molecule has 0 saturated carbocycles. The van der Waals surface area contributed by atoms with Crippen molar-refractivity contribution in [3.63, 3.8) is 0 Å². The first-order valence-electron chi connectivity index (χ1n) is 3.82. The van der Waals surface area contributed by atoms with Gasteiger partial charge in [0.1, 0.15) is 5.02 Å². The first kappa shape index (κ1) is 10.0. The van der Waals surface area contributed by atoms with Gasteiger partial charge < -0.3 is 11.1 Å². The Morgan fingerprint density at radius 2 is 2.46 bits per heavy atom. The molecule has 5 nitrogen and oxygen atoms in total. The Balaban J connectivity index is 2.97. The molecule has 6 heteroatoms. The second-order valence-corrected chi connectivity index (χ2v) is 2.89. The number of halogens is 1. The third-order valence-corrected chi connectivity index (χ3v) is 1.90. The maximum atomic E-state index is 11.2. The highest BCUT2D eigenvalue weighted by Crippen LogP contribution is 2.13. The summed E-state index contributed by atoms with van der Waals surface area (Å²) >= 11 is 5.76. The normalized spacial score (nSPS) is 10.1. The molecule has 3 N–H and O–H groups in total. The van der Waals surface area contributed by atoms with Gasteiger partial charge in [-0.15, -0.1) is 0 Å². The Morgan fingerprint density at radius 3 is 3.08 bits per heavy atom. The Kier molecular flexibility index (Phi) is 3.27. The number of nitrogens with one attached hydrogen (secondary N) is 1. The Morgan fingerprint density at radius 1 is 1.77 bits per heavy atom. The predicted octanol–water partition coefficient (Wildman–Crippen LogP) is -0.196. The fraction of sp³-hybridized carbons (Fsp3) is 0.429. The Hall–Kier alpha value is -1.07. The zero-order valence-electron chi connectivity index (χ0n) is 7.25. The highest BCUT2D eigenvalue weighted by atomic mass is 35.5. The van der Waals surface area contributed by atoms with Crippen LogP contribution in [0.3, 0.4) is 0 Å². The average molecular weight is 203 g/mol. The van der Waals surface area contributed by atoms with Crippen molar-refractivity contribution < 1.29 is 0 Å². The van der Waals surface area contributed by atoms with E-state index in [0.717, 1.165) is 0 Å². The van der Waals surface area contributed by atoms with Gasteiger partial charge in [0.15, 0.2) is 0 Å². The molecule has 0 fully saturated rings. The standard InChI is InChI=1S/C7H11ClN4O/c1-12-7(13)6(8)5(4-11-12)10-3-2-9/h4,10H,2-3,9H2,1H3. The molecule has 0 aliphatic carbocycles. The first-order valence-corrected chi connectivity index (χ1v) is 4.20. The number of nitrogens with zero attached hydrogens (tertiary/aromatic N) is 2. The van der Waals surface area contributed by atoms with Crippen molar-refractivity contribution in [2.75, 3.05) is 18.4 Å². The number of hydrogen-bond donors (Lipinski definition) is 2. The van der Waals surface area contributed by atoms with Crippen LogP contribution in [0.1, 0.15) is 0 Å². The molecule has 0 unspecified atom stereocenters. The van der Waals surface area contributed by atoms with Gasteiger partial charge in [-0.05, 0) is 0 Å². The predicted molar refractivity (Wildman–Crippen MR) is 52.0 cm³/mol. The lowest BCUT2D eigenvalue weighted by atomic mass is 10.4. The van der Waals surface area contributed by atoms with Crippen LogP contribution in [0.5, 0.6) is 0 Å². The molecule has 1 heterocycles. The molecule has 1 rings (SSSR count). The molecular weight excluding hydrogens is 192 g/mol. The topological polar surface area (TPSA) is 72.9 Å². The number of hydrogen-bond acceptors (Lipinski definition) is 4. The smallest absolute Gasteiger partial charge is 0.287 e. The van der Waals surface area contributed by atoms with Crippen molar-refractivity contribution in [3.8, 4) is 0 Å². The van der Waals surface area contributed by atoms with Gasteiger partial charge in [0, 0.05) is 20.1 Å². The summed E-state index contributed by atoms with van der Waals surface area (Å²) in [6.45, 7) is 1.04. The molecule has 72 valence electrons. The molecule has 0 radical (unpaired) electrons. The Labute approximate surface area is 80.5 Å². The molecule has 0 aliphatic rings. The summed E-state index contributed by atoms with van der Waals surface area (Å²) in [6, 6.07) is 0. The summed E-state index contributed by atoms with van der Waals surface area (Å²) in [5.41, 5.74) is 5.49. The number of anilines is 1. The summed E-state index contributed by atoms with van der Waals surface area (Å²) in [7, 11) is 1.54. The summed E-state index contributed by atoms with van der Waals surface area (Å²) in [5.74, 6) is 0. The highest BCUT2D eigenvalue weighted by Gasteiger charge is 2.05. The molecule has 13 heavy (non-hydrogen) atoms. The van der Waals surface area contributed by atoms with Gasteiger partial charge >= 0.3 is 0 Å². The van der Waals surface area contributed by atoms with Crippen molar-refractivity contribution in [3.05, 3.63) is 21.6 Å². The molecular formula is C7H11ClN4O. The van der Waals surface area contributed by atoms with Crippen LogP contribution in [0.15, 0.2) is 11.0 Å². The van der Waals surface area contributed by atoms with Crippen LogP contribution in [-0.4, -0.2) is 22.9 Å². The van der Waals surface area contributed by atoms with E-state index in [4.69, 9.17) is 17.3 Å². The SMILES string of the molecule is Cn1ncc(NCCN)c(Cl)c1=O. The molecule has 0 spiro atoms. The van der Waals surface area contributed by atoms with Crippen molar-refractivity contribution in [1.82, 2.24) is 9.78 Å². The van der Waals surface area contributed by atoms with Crippen LogP contribution in [-0.2, 0) is 7.05 Å². The lowest BCUT2D eigenvalue weighted by Crippen LogP contribution is -2.22. The minimum Gasteiger partial charge on any atom is -0.381 e. The summed E-state index contributed by atoms with van der Waals surface area (Å²) in [6.07, 6.45) is 1.50. The quantitative estimate of drug-likeness (QED) is 0.713. The van der Waals surface area contributed by atoms with E-state index in [1.807, 2.05) is 0 Å². The van der Waals surface area contributed by atoms with Crippen molar-refractivity contribution >= 4 is 17.3 Å². The maximum absolute atomic E-state index is 11.2. The monoisotopic (exact) mass is 202 g/mol. The van der Waals surface area contributed by atoms with E-state index >= 15 is 0 Å². The van der Waals surface area contributed by atoms with Crippen molar-refractivity contribution in [2.45, 2.75) is 0 Å². The number of rotatable bonds is 3. The minimum atomic E-state index is -0.316. The van der Waals surface area contributed by atoms with E-state index in [9.17, 15) is 4.79 Å². The van der Waals surface area contributed by atoms with E-state index in [2.05, 4.69) is 10.4 Å². The second-order valence-electron chi connectivity index (χ2n) is 2.52. The van der Waals surface area contributed by atoms with Crippen molar-refractivity contribution in [1.29, 1.82) is 0 Å². The average Bonchev–Trinajstić information content (AvgIpc) is 2.13. The molecule has 1 aromatic heterocycles. The van der Waals surface area contributed by atoms with Gasteiger partial charge in [-0.25, -0.2) is 4.68 Å². The fourth-order valence-electron chi connectivity index (χ4n) is 0.841. The number of nitrogens with two attached hydrogens (primary N) is 1. The van der Waals surface area contributed by atoms with Gasteiger partial charge in [-0.1, -0.05) is 11.6 Å². The van der Waals surface area contributed by atoms with Gasteiger partial charge in [0.25, 0.3) is 5.56 Å². The molecule has 0 amide bonds. The molecule has 1 aromatic rings. The van der Waals surface area contributed by atoms with Crippen molar-refractivity contribution in [2.24, 2.45) is 12.8 Å². The van der Waals surface area contributed by atoms with Crippen LogP contribution in [0, 0.1) is 0 Å². The maximum Gasteiger partial charge on any atom is 0.287 e. The summed E-state index contributed by atoms with van der Waals surface area (Å²) < 4.78 is 1.18. The molecule has 0 aromatic carbocycles. The molecule has 0 bridgehead atoms. The zero-order chi connectivity index (χ0) is 9.84. The van der Waals surface area contributed by atoms with Crippen LogP contribution in [0.4, 0.5) is 5.69 Å². The minimum absolute atomic E-state index is 0.144. The third-order valence-electron chi connectivity index (χ3n) is 1.54. The third kappa shape index (κ3) is 2.19. The van der Waals surface area contributed by atoms with E-state index in [-0.39, 0.29) is 10.6 Å². The largest absolute Gasteiger partial charge is 0.381 e. The lowest BCUT2D eigenvalue weighted by Gasteiger charge is -2.06. The molecule has 0 atom stereocenters. The zero-order valence-corrected chi connectivity index (χ0v) is 8.01. The van der Waals surface area contributed by atoms with E-state index < -0.39 is 0 Å². The first-order chi connectivity index (χ1) is 6.16. The van der Waals surface area contributed by atoms with Gasteiger partial charge in [0.05, 0.1) is 11.9 Å². The van der Waals surface area contributed by atoms with E-state index in [0.29, 0.717) is 18.8 Å². The van der Waals surface area contributed by atoms with Gasteiger partial charge in [0.2, 0.25) is 0 Å². The van der Waals surface area contributed by atoms with Crippen LogP contribution in [0.25, 0.3) is 0 Å². The number of aromatic nitrogens is 2. The molecule has 0 aliphatic heterocycles. The molecule has 0 saturated heterocycles. The Bertz CT molecular complexity index is 349. The lowest BCUT2D eigenvalue weighted by molar-refractivity contribution is 0.708. The second kappa shape index (κ2) is 4.25. The highest BCUT2D eigenvalue weighted by molar-refractivity contribution is 6.32. The van der Waals surface area contributed by atoms with E-state index in [1.54, 1.807) is 7.05 Å². The van der Waals surface area contributed by atoms with Crippen LogP contribution < -0.4 is 16.6 Å². The van der Waals surface area contributed by atoms with Gasteiger partial charge in [-0.3, -0.25) is 4.79 Å². The van der Waals surface area contributed by atoms with Gasteiger partial charge in [-0.2, -0.15) is 5.10 Å². The van der Waals surface area contributed by atoms with E-state index in [1.165, 1.54) is 10.9 Å². The van der Waals surface area contributed by atoms with Crippen LogP contribution in [0.2, 0.25) is 5.02 Å². The summed E-state index contributed by atoms with van der Waals surface area (Å²) in [5, 5.41) is 6.85. The number of aryl methyl sites for hydroxylation is 1.